The van der Waals surface area contributed by atoms with Crippen LogP contribution in [-0.2, 0) is 4.79 Å². The smallest absolute Gasteiger partial charge is 0.265 e. The summed E-state index contributed by atoms with van der Waals surface area (Å²) in [6.45, 7) is 8.18. The molecule has 1 N–H and O–H groups in total. The van der Waals surface area contributed by atoms with Gasteiger partial charge in [-0.05, 0) is 79.8 Å². The highest BCUT2D eigenvalue weighted by Gasteiger charge is 2.18. The van der Waals surface area contributed by atoms with Crippen LogP contribution in [0.4, 0.5) is 5.69 Å². The second kappa shape index (κ2) is 9.53. The van der Waals surface area contributed by atoms with Gasteiger partial charge in [0.25, 0.3) is 5.91 Å². The molecule has 4 nitrogen and oxygen atoms in total. The molecule has 0 aliphatic carbocycles. The van der Waals surface area contributed by atoms with Crippen molar-refractivity contribution in [3.8, 4) is 16.3 Å². The molecule has 0 bridgehead atoms. The number of nitrogens with zero attached hydrogens (tertiary/aromatic N) is 1. The molecular formula is C27H28N2O2S. The van der Waals surface area contributed by atoms with E-state index in [9.17, 15) is 4.79 Å². The summed E-state index contributed by atoms with van der Waals surface area (Å²) in [5, 5.41) is 3.93. The number of anilines is 1. The minimum Gasteiger partial charge on any atom is -0.481 e. The number of hydrogen-bond acceptors (Lipinski definition) is 4. The van der Waals surface area contributed by atoms with Crippen LogP contribution in [0.1, 0.15) is 44.2 Å². The van der Waals surface area contributed by atoms with Crippen molar-refractivity contribution >= 4 is 33.1 Å². The first-order chi connectivity index (χ1) is 15.4. The Bertz CT molecular complexity index is 1230. The van der Waals surface area contributed by atoms with Gasteiger partial charge in [-0.2, -0.15) is 0 Å². The summed E-state index contributed by atoms with van der Waals surface area (Å²) in [5.74, 6) is 0.971. The molecule has 2 unspecified atom stereocenters. The summed E-state index contributed by atoms with van der Waals surface area (Å²) in [4.78, 5) is 17.5. The lowest BCUT2D eigenvalue weighted by Crippen LogP contribution is -2.30. The number of aryl methyl sites for hydroxylation is 1. The first kappa shape index (κ1) is 22.0. The van der Waals surface area contributed by atoms with Gasteiger partial charge < -0.3 is 10.1 Å². The molecule has 5 heteroatoms. The zero-order chi connectivity index (χ0) is 22.7. The monoisotopic (exact) mass is 444 g/mol. The summed E-state index contributed by atoms with van der Waals surface area (Å²) in [7, 11) is 0. The Morgan fingerprint density at radius 1 is 1.06 bits per heavy atom. The molecule has 0 aliphatic heterocycles. The zero-order valence-electron chi connectivity index (χ0n) is 18.9. The van der Waals surface area contributed by atoms with Gasteiger partial charge in [0.2, 0.25) is 0 Å². The summed E-state index contributed by atoms with van der Waals surface area (Å²) in [6, 6.07) is 22.0. The van der Waals surface area contributed by atoms with E-state index in [2.05, 4.69) is 50.4 Å². The Kier molecular flexibility index (Phi) is 6.56. The highest BCUT2D eigenvalue weighted by molar-refractivity contribution is 7.21. The van der Waals surface area contributed by atoms with E-state index in [-0.39, 0.29) is 5.91 Å². The molecule has 0 saturated heterocycles. The fraction of sp³-hybridized carbons (Fsp3) is 0.259. The van der Waals surface area contributed by atoms with Crippen LogP contribution < -0.4 is 10.1 Å². The molecule has 4 aromatic rings. The van der Waals surface area contributed by atoms with Crippen molar-refractivity contribution in [2.45, 2.75) is 46.1 Å². The van der Waals surface area contributed by atoms with Gasteiger partial charge in [-0.3, -0.25) is 4.79 Å². The number of fused-ring (bicyclic) bond motifs is 1. The molecule has 1 amide bonds. The maximum absolute atomic E-state index is 12.7. The Balaban J connectivity index is 1.43. The quantitative estimate of drug-likeness (QED) is 0.328. The third-order valence-corrected chi connectivity index (χ3v) is 6.75. The van der Waals surface area contributed by atoms with Crippen LogP contribution in [0.3, 0.4) is 0 Å². The van der Waals surface area contributed by atoms with Crippen LogP contribution in [0, 0.1) is 6.92 Å². The number of rotatable bonds is 7. The van der Waals surface area contributed by atoms with Crippen LogP contribution in [0.5, 0.6) is 5.75 Å². The first-order valence-electron chi connectivity index (χ1n) is 11.0. The summed E-state index contributed by atoms with van der Waals surface area (Å²) < 4.78 is 7.20. The largest absolute Gasteiger partial charge is 0.481 e. The van der Waals surface area contributed by atoms with Gasteiger partial charge in [0, 0.05) is 11.3 Å². The van der Waals surface area contributed by atoms with Crippen LogP contribution in [-0.4, -0.2) is 17.0 Å². The molecule has 32 heavy (non-hydrogen) atoms. The highest BCUT2D eigenvalue weighted by atomic mass is 32.1. The van der Waals surface area contributed by atoms with Crippen LogP contribution in [0.2, 0.25) is 0 Å². The van der Waals surface area contributed by atoms with Gasteiger partial charge in [0.1, 0.15) is 10.8 Å². The molecule has 4 rings (SSSR count). The minimum absolute atomic E-state index is 0.174. The molecule has 1 heterocycles. The van der Waals surface area contributed by atoms with E-state index < -0.39 is 6.10 Å². The second-order valence-corrected chi connectivity index (χ2v) is 9.19. The summed E-state index contributed by atoms with van der Waals surface area (Å²) >= 11 is 1.68. The Morgan fingerprint density at radius 2 is 1.81 bits per heavy atom. The third kappa shape index (κ3) is 4.83. The number of benzene rings is 3. The lowest BCUT2D eigenvalue weighted by atomic mass is 9.98. The van der Waals surface area contributed by atoms with Crippen molar-refractivity contribution in [1.82, 2.24) is 4.98 Å². The average Bonchev–Trinajstić information content (AvgIpc) is 3.22. The Morgan fingerprint density at radius 3 is 2.56 bits per heavy atom. The summed E-state index contributed by atoms with van der Waals surface area (Å²) in [6.07, 6.45) is 0.411. The van der Waals surface area contributed by atoms with Crippen LogP contribution in [0.15, 0.2) is 66.7 Å². The predicted octanol–water partition coefficient (Wildman–Crippen LogP) is 7.19. The van der Waals surface area contributed by atoms with Gasteiger partial charge in [0.15, 0.2) is 6.10 Å². The molecule has 0 fully saturated rings. The number of para-hydroxylation sites is 1. The van der Waals surface area contributed by atoms with Crippen LogP contribution >= 0.6 is 11.3 Å². The van der Waals surface area contributed by atoms with E-state index in [1.54, 1.807) is 18.3 Å². The molecule has 0 aliphatic rings. The van der Waals surface area contributed by atoms with Crippen molar-refractivity contribution in [3.63, 3.8) is 0 Å². The minimum atomic E-state index is -0.604. The van der Waals surface area contributed by atoms with Gasteiger partial charge in [-0.25, -0.2) is 4.98 Å². The van der Waals surface area contributed by atoms with Crippen molar-refractivity contribution in [1.29, 1.82) is 0 Å². The maximum atomic E-state index is 12.7. The number of carbonyl (C=O) groups excluding carboxylic acids is 1. The lowest BCUT2D eigenvalue weighted by Gasteiger charge is -2.19. The standard InChI is InChI=1S/C27H28N2O2S/c1-5-18(3)22-8-6-7-9-24(22)31-19(4)26(30)28-21-13-11-20(12-14-21)27-29-23-15-10-17(2)16-25(23)32-27/h6-16,18-19H,5H2,1-4H3,(H,28,30). The van der Waals surface area contributed by atoms with E-state index >= 15 is 0 Å². The van der Waals surface area contributed by atoms with E-state index in [4.69, 9.17) is 9.72 Å². The van der Waals surface area contributed by atoms with E-state index in [1.165, 1.54) is 10.3 Å². The Labute approximate surface area is 193 Å². The van der Waals surface area contributed by atoms with Gasteiger partial charge in [-0.15, -0.1) is 11.3 Å². The highest BCUT2D eigenvalue weighted by Crippen LogP contribution is 2.32. The molecule has 0 spiro atoms. The fourth-order valence-corrected chi connectivity index (χ4v) is 4.62. The zero-order valence-corrected chi connectivity index (χ0v) is 19.7. The van der Waals surface area contributed by atoms with Gasteiger partial charge in [-0.1, -0.05) is 38.1 Å². The maximum Gasteiger partial charge on any atom is 0.265 e. The number of ether oxygens (including phenoxy) is 1. The first-order valence-corrected chi connectivity index (χ1v) is 11.8. The topological polar surface area (TPSA) is 51.2 Å². The number of carbonyl (C=O) groups is 1. The van der Waals surface area contributed by atoms with E-state index in [1.807, 2.05) is 42.5 Å². The molecule has 1 aromatic heterocycles. The number of aromatic nitrogens is 1. The average molecular weight is 445 g/mol. The summed E-state index contributed by atoms with van der Waals surface area (Å²) in [5.41, 5.74) is 5.14. The van der Waals surface area contributed by atoms with Crippen molar-refractivity contribution in [2.75, 3.05) is 5.32 Å². The number of hydrogen-bond donors (Lipinski definition) is 1. The lowest BCUT2D eigenvalue weighted by molar-refractivity contribution is -0.122. The fourth-order valence-electron chi connectivity index (χ4n) is 3.55. The Hall–Kier alpha value is -3.18. The van der Waals surface area contributed by atoms with Crippen molar-refractivity contribution < 1.29 is 9.53 Å². The van der Waals surface area contributed by atoms with Gasteiger partial charge >= 0.3 is 0 Å². The van der Waals surface area contributed by atoms with Crippen LogP contribution in [0.25, 0.3) is 20.8 Å². The van der Waals surface area contributed by atoms with Gasteiger partial charge in [0.05, 0.1) is 10.2 Å². The van der Waals surface area contributed by atoms with Crippen molar-refractivity contribution in [3.05, 3.63) is 77.9 Å². The van der Waals surface area contributed by atoms with E-state index in [0.717, 1.165) is 39.5 Å². The number of amides is 1. The predicted molar refractivity (Wildman–Crippen MR) is 134 cm³/mol. The van der Waals surface area contributed by atoms with E-state index in [0.29, 0.717) is 5.92 Å². The molecular weight excluding hydrogens is 416 g/mol. The second-order valence-electron chi connectivity index (χ2n) is 8.16. The number of nitrogens with one attached hydrogen (secondary N) is 1. The van der Waals surface area contributed by atoms with Crippen molar-refractivity contribution in [2.24, 2.45) is 0 Å². The molecule has 164 valence electrons. The molecule has 3 aromatic carbocycles. The molecule has 2 atom stereocenters. The molecule has 0 radical (unpaired) electrons. The number of thiazole rings is 1. The molecule has 0 saturated carbocycles. The normalized spacial score (nSPS) is 13.0. The third-order valence-electron chi connectivity index (χ3n) is 5.68. The SMILES string of the molecule is CCC(C)c1ccccc1OC(C)C(=O)Nc1ccc(-c2nc3ccc(C)cc3s2)cc1.